The van der Waals surface area contributed by atoms with Crippen molar-refractivity contribution < 1.29 is 9.53 Å². The molecule has 0 atom stereocenters. The van der Waals surface area contributed by atoms with Crippen LogP contribution in [0.2, 0.25) is 10.3 Å². The first kappa shape index (κ1) is 12.3. The van der Waals surface area contributed by atoms with Crippen LogP contribution in [0, 0.1) is 0 Å². The van der Waals surface area contributed by atoms with Gasteiger partial charge >= 0.3 is 5.97 Å². The van der Waals surface area contributed by atoms with Crippen molar-refractivity contribution in [1.82, 2.24) is 4.98 Å². The summed E-state index contributed by atoms with van der Waals surface area (Å²) in [5.41, 5.74) is 0.800. The van der Waals surface area contributed by atoms with E-state index >= 15 is 0 Å². The van der Waals surface area contributed by atoms with Crippen LogP contribution in [0.4, 0.5) is 0 Å². The lowest BCUT2D eigenvalue weighted by atomic mass is 10.1. The molecule has 82 valence electrons. The number of aromatic nitrogens is 1. The van der Waals surface area contributed by atoms with Crippen LogP contribution in [-0.2, 0) is 16.0 Å². The molecule has 0 aliphatic rings. The van der Waals surface area contributed by atoms with Crippen molar-refractivity contribution in [3.63, 3.8) is 0 Å². The summed E-state index contributed by atoms with van der Waals surface area (Å²) >= 11 is 11.5. The first-order chi connectivity index (χ1) is 7.13. The maximum absolute atomic E-state index is 11.1. The summed E-state index contributed by atoms with van der Waals surface area (Å²) in [5.74, 6) is -0.233. The quantitative estimate of drug-likeness (QED) is 0.607. The van der Waals surface area contributed by atoms with E-state index in [2.05, 4.69) is 4.98 Å². The average molecular weight is 248 g/mol. The lowest BCUT2D eigenvalue weighted by molar-refractivity contribution is -0.143. The van der Waals surface area contributed by atoms with Gasteiger partial charge in [-0.1, -0.05) is 29.3 Å². The predicted octanol–water partition coefficient (Wildman–Crippen LogP) is 2.88. The summed E-state index contributed by atoms with van der Waals surface area (Å²) in [6, 6.07) is 3.41. The Bertz CT molecular complexity index is 355. The van der Waals surface area contributed by atoms with E-state index in [9.17, 15) is 4.79 Å². The van der Waals surface area contributed by atoms with Gasteiger partial charge in [-0.3, -0.25) is 4.79 Å². The van der Waals surface area contributed by atoms with E-state index in [1.54, 1.807) is 19.1 Å². The van der Waals surface area contributed by atoms with E-state index in [1.807, 2.05) is 0 Å². The smallest absolute Gasteiger partial charge is 0.306 e. The van der Waals surface area contributed by atoms with Crippen molar-refractivity contribution >= 4 is 29.2 Å². The fourth-order valence-electron chi connectivity index (χ4n) is 1.10. The van der Waals surface area contributed by atoms with Gasteiger partial charge in [-0.15, -0.1) is 0 Å². The van der Waals surface area contributed by atoms with E-state index in [-0.39, 0.29) is 5.97 Å². The molecule has 0 radical (unpaired) electrons. The Morgan fingerprint density at radius 1 is 1.47 bits per heavy atom. The number of esters is 1. The van der Waals surface area contributed by atoms with Crippen molar-refractivity contribution in [2.75, 3.05) is 6.61 Å². The zero-order valence-corrected chi connectivity index (χ0v) is 9.81. The predicted molar refractivity (Wildman–Crippen MR) is 59.2 cm³/mol. The van der Waals surface area contributed by atoms with E-state index in [1.165, 1.54) is 0 Å². The molecule has 0 aromatic carbocycles. The normalized spacial score (nSPS) is 10.1. The van der Waals surface area contributed by atoms with Crippen molar-refractivity contribution in [2.24, 2.45) is 0 Å². The highest BCUT2D eigenvalue weighted by molar-refractivity contribution is 6.32. The van der Waals surface area contributed by atoms with Crippen molar-refractivity contribution in [1.29, 1.82) is 0 Å². The first-order valence-electron chi connectivity index (χ1n) is 4.60. The van der Waals surface area contributed by atoms with Gasteiger partial charge in [0.15, 0.2) is 0 Å². The number of carbonyl (C=O) groups excluding carboxylic acids is 1. The van der Waals surface area contributed by atoms with Gasteiger partial charge < -0.3 is 4.74 Å². The van der Waals surface area contributed by atoms with Gasteiger partial charge in [0.05, 0.1) is 6.61 Å². The van der Waals surface area contributed by atoms with Crippen LogP contribution in [0.1, 0.15) is 18.9 Å². The Labute approximate surface area is 98.4 Å². The molecule has 0 saturated carbocycles. The molecule has 0 bridgehead atoms. The monoisotopic (exact) mass is 247 g/mol. The number of hydrogen-bond acceptors (Lipinski definition) is 3. The standard InChI is InChI=1S/C10H11Cl2NO2/c1-2-15-9(14)6-4-7-3-5-8(11)13-10(7)12/h3,5H,2,4,6H2,1H3. The van der Waals surface area contributed by atoms with Crippen molar-refractivity contribution in [2.45, 2.75) is 19.8 Å². The Morgan fingerprint density at radius 3 is 2.80 bits per heavy atom. The minimum absolute atomic E-state index is 0.233. The van der Waals surface area contributed by atoms with Gasteiger partial charge in [0.2, 0.25) is 0 Å². The molecule has 1 aromatic heterocycles. The lowest BCUT2D eigenvalue weighted by Gasteiger charge is -2.03. The molecular weight excluding hydrogens is 237 g/mol. The van der Waals surface area contributed by atoms with Crippen molar-refractivity contribution in [3.8, 4) is 0 Å². The SMILES string of the molecule is CCOC(=O)CCc1ccc(Cl)nc1Cl. The van der Waals surface area contributed by atoms with Gasteiger partial charge in [-0.05, 0) is 25.0 Å². The molecule has 3 nitrogen and oxygen atoms in total. The minimum Gasteiger partial charge on any atom is -0.466 e. The van der Waals surface area contributed by atoms with E-state index in [0.717, 1.165) is 5.56 Å². The molecule has 0 aliphatic carbocycles. The van der Waals surface area contributed by atoms with Gasteiger partial charge in [0, 0.05) is 6.42 Å². The zero-order chi connectivity index (χ0) is 11.3. The number of ether oxygens (including phenoxy) is 1. The number of aryl methyl sites for hydroxylation is 1. The highest BCUT2D eigenvalue weighted by Gasteiger charge is 2.06. The van der Waals surface area contributed by atoms with Crippen molar-refractivity contribution in [3.05, 3.63) is 28.0 Å². The van der Waals surface area contributed by atoms with Crippen LogP contribution in [0.15, 0.2) is 12.1 Å². The maximum atomic E-state index is 11.1. The van der Waals surface area contributed by atoms with Crippen LogP contribution in [0.3, 0.4) is 0 Å². The molecule has 1 heterocycles. The Hall–Kier alpha value is -0.800. The third kappa shape index (κ3) is 4.06. The Kier molecular flexibility index (Phi) is 4.85. The number of hydrogen-bond donors (Lipinski definition) is 0. The number of nitrogens with zero attached hydrogens (tertiary/aromatic N) is 1. The van der Waals surface area contributed by atoms with E-state index in [0.29, 0.717) is 29.8 Å². The molecule has 1 rings (SSSR count). The number of halogens is 2. The molecule has 0 aliphatic heterocycles. The van der Waals surface area contributed by atoms with Gasteiger partial charge in [0.1, 0.15) is 10.3 Å². The molecule has 0 spiro atoms. The molecule has 0 saturated heterocycles. The first-order valence-corrected chi connectivity index (χ1v) is 5.35. The summed E-state index contributed by atoms with van der Waals surface area (Å²) in [6.45, 7) is 2.17. The Morgan fingerprint density at radius 2 is 2.20 bits per heavy atom. The third-order valence-corrected chi connectivity index (χ3v) is 2.33. The molecule has 0 N–H and O–H groups in total. The summed E-state index contributed by atoms with van der Waals surface area (Å²) in [6.07, 6.45) is 0.818. The molecule has 15 heavy (non-hydrogen) atoms. The topological polar surface area (TPSA) is 39.2 Å². The molecular formula is C10H11Cl2NO2. The number of carbonyl (C=O) groups is 1. The number of pyridine rings is 1. The maximum Gasteiger partial charge on any atom is 0.306 e. The molecule has 0 amide bonds. The fraction of sp³-hybridized carbons (Fsp3) is 0.400. The van der Waals surface area contributed by atoms with Gasteiger partial charge in [-0.2, -0.15) is 0 Å². The zero-order valence-electron chi connectivity index (χ0n) is 8.30. The molecule has 0 unspecified atom stereocenters. The average Bonchev–Trinajstić information content (AvgIpc) is 2.17. The second-order valence-corrected chi connectivity index (χ2v) is 3.63. The largest absolute Gasteiger partial charge is 0.466 e. The Balaban J connectivity index is 2.54. The second kappa shape index (κ2) is 5.93. The number of rotatable bonds is 4. The van der Waals surface area contributed by atoms with Crippen LogP contribution in [0.25, 0.3) is 0 Å². The van der Waals surface area contributed by atoms with Crippen LogP contribution < -0.4 is 0 Å². The summed E-state index contributed by atoms with van der Waals surface area (Å²) in [4.78, 5) is 15.0. The van der Waals surface area contributed by atoms with Gasteiger partial charge in [-0.25, -0.2) is 4.98 Å². The van der Waals surface area contributed by atoms with E-state index < -0.39 is 0 Å². The molecule has 5 heteroatoms. The van der Waals surface area contributed by atoms with E-state index in [4.69, 9.17) is 27.9 Å². The summed E-state index contributed by atoms with van der Waals surface area (Å²) in [5, 5.41) is 0.687. The second-order valence-electron chi connectivity index (χ2n) is 2.89. The van der Waals surface area contributed by atoms with Crippen LogP contribution in [-0.4, -0.2) is 17.6 Å². The fourth-order valence-corrected chi connectivity index (χ4v) is 1.54. The summed E-state index contributed by atoms with van der Waals surface area (Å²) < 4.78 is 4.80. The molecule has 1 aromatic rings. The van der Waals surface area contributed by atoms with Gasteiger partial charge in [0.25, 0.3) is 0 Å². The third-order valence-electron chi connectivity index (χ3n) is 1.80. The van der Waals surface area contributed by atoms with Crippen LogP contribution in [0.5, 0.6) is 0 Å². The molecule has 0 fully saturated rings. The lowest BCUT2D eigenvalue weighted by Crippen LogP contribution is -2.05. The van der Waals surface area contributed by atoms with Crippen LogP contribution >= 0.6 is 23.2 Å². The highest BCUT2D eigenvalue weighted by atomic mass is 35.5. The summed E-state index contributed by atoms with van der Waals surface area (Å²) in [7, 11) is 0. The highest BCUT2D eigenvalue weighted by Crippen LogP contribution is 2.18. The minimum atomic E-state index is -0.233.